The molecule has 0 aliphatic carbocycles. The van der Waals surface area contributed by atoms with Crippen LogP contribution in [0.1, 0.15) is 15.9 Å². The van der Waals surface area contributed by atoms with Crippen LogP contribution in [-0.2, 0) is 6.42 Å². The molecule has 0 saturated carbocycles. The standard InChI is InChI=1S/C10H8O2/c11-7-8-3-1-5-10-9(8)4-2-6-12-10/h1-3,5-7H,4H2. The summed E-state index contributed by atoms with van der Waals surface area (Å²) in [6.45, 7) is 0. The van der Waals surface area contributed by atoms with Crippen LogP contribution in [0.2, 0.25) is 0 Å². The molecule has 1 aliphatic heterocycles. The van der Waals surface area contributed by atoms with Crippen LogP contribution < -0.4 is 4.74 Å². The van der Waals surface area contributed by atoms with Gasteiger partial charge in [-0.25, -0.2) is 0 Å². The predicted octanol–water partition coefficient (Wildman–Crippen LogP) is 1.95. The van der Waals surface area contributed by atoms with E-state index in [-0.39, 0.29) is 0 Å². The molecule has 0 saturated heterocycles. The molecule has 1 aliphatic rings. The Morgan fingerprint density at radius 2 is 2.33 bits per heavy atom. The van der Waals surface area contributed by atoms with Gasteiger partial charge in [-0.1, -0.05) is 12.1 Å². The summed E-state index contributed by atoms with van der Waals surface area (Å²) in [6, 6.07) is 5.49. The van der Waals surface area contributed by atoms with Crippen LogP contribution >= 0.6 is 0 Å². The first-order valence-electron chi connectivity index (χ1n) is 3.80. The summed E-state index contributed by atoms with van der Waals surface area (Å²) in [6.07, 6.45) is 5.19. The van der Waals surface area contributed by atoms with Gasteiger partial charge in [0.15, 0.2) is 0 Å². The lowest BCUT2D eigenvalue weighted by Gasteiger charge is -2.12. The summed E-state index contributed by atoms with van der Waals surface area (Å²) in [5, 5.41) is 0. The maximum Gasteiger partial charge on any atom is 0.150 e. The number of benzene rings is 1. The number of hydrogen-bond donors (Lipinski definition) is 0. The average molecular weight is 160 g/mol. The minimum Gasteiger partial charge on any atom is -0.465 e. The summed E-state index contributed by atoms with van der Waals surface area (Å²) < 4.78 is 5.23. The first kappa shape index (κ1) is 7.10. The average Bonchev–Trinajstić information content (AvgIpc) is 2.17. The van der Waals surface area contributed by atoms with Gasteiger partial charge in [0.25, 0.3) is 0 Å². The van der Waals surface area contributed by atoms with Crippen LogP contribution in [0.15, 0.2) is 30.5 Å². The molecule has 0 spiro atoms. The van der Waals surface area contributed by atoms with Gasteiger partial charge < -0.3 is 4.74 Å². The Kier molecular flexibility index (Phi) is 1.67. The Balaban J connectivity index is 2.55. The topological polar surface area (TPSA) is 26.3 Å². The minimum atomic E-state index is 0.719. The van der Waals surface area contributed by atoms with Crippen LogP contribution in [0.3, 0.4) is 0 Å². The van der Waals surface area contributed by atoms with Crippen LogP contribution in [-0.4, -0.2) is 6.29 Å². The SMILES string of the molecule is O=Cc1cccc2c1CC=CO2. The monoisotopic (exact) mass is 160 g/mol. The fourth-order valence-electron chi connectivity index (χ4n) is 1.31. The lowest BCUT2D eigenvalue weighted by atomic mass is 10.0. The fourth-order valence-corrected chi connectivity index (χ4v) is 1.31. The van der Waals surface area contributed by atoms with E-state index in [1.807, 2.05) is 18.2 Å². The Hall–Kier alpha value is -1.57. The molecule has 1 heterocycles. The van der Waals surface area contributed by atoms with Gasteiger partial charge in [-0.2, -0.15) is 0 Å². The van der Waals surface area contributed by atoms with E-state index in [2.05, 4.69) is 0 Å². The van der Waals surface area contributed by atoms with E-state index < -0.39 is 0 Å². The summed E-state index contributed by atoms with van der Waals surface area (Å²) in [5.74, 6) is 0.794. The number of ether oxygens (including phenoxy) is 1. The lowest BCUT2D eigenvalue weighted by molar-refractivity contribution is 0.112. The molecule has 60 valence electrons. The molecular formula is C10H8O2. The zero-order valence-electron chi connectivity index (χ0n) is 6.49. The molecule has 0 unspecified atom stereocenters. The van der Waals surface area contributed by atoms with E-state index in [1.54, 1.807) is 12.3 Å². The number of carbonyl (C=O) groups is 1. The van der Waals surface area contributed by atoms with Gasteiger partial charge in [0.05, 0.1) is 6.26 Å². The quantitative estimate of drug-likeness (QED) is 0.587. The number of aldehydes is 1. The van der Waals surface area contributed by atoms with Gasteiger partial charge in [-0.05, 0) is 18.6 Å². The maximum absolute atomic E-state index is 10.6. The largest absolute Gasteiger partial charge is 0.465 e. The van der Waals surface area contributed by atoms with Crippen molar-refractivity contribution < 1.29 is 9.53 Å². The van der Waals surface area contributed by atoms with Crippen LogP contribution in [0.4, 0.5) is 0 Å². The second kappa shape index (κ2) is 2.81. The van der Waals surface area contributed by atoms with Gasteiger partial charge in [0.2, 0.25) is 0 Å². The second-order valence-electron chi connectivity index (χ2n) is 2.64. The minimum absolute atomic E-state index is 0.719. The van der Waals surface area contributed by atoms with Crippen LogP contribution in [0.5, 0.6) is 5.75 Å². The molecule has 0 N–H and O–H groups in total. The highest BCUT2D eigenvalue weighted by Crippen LogP contribution is 2.25. The molecule has 2 nitrogen and oxygen atoms in total. The summed E-state index contributed by atoms with van der Waals surface area (Å²) in [7, 11) is 0. The molecule has 1 aromatic carbocycles. The molecule has 12 heavy (non-hydrogen) atoms. The third kappa shape index (κ3) is 1.01. The highest BCUT2D eigenvalue weighted by molar-refractivity contribution is 5.79. The molecule has 2 rings (SSSR count). The van der Waals surface area contributed by atoms with Gasteiger partial charge in [-0.15, -0.1) is 0 Å². The summed E-state index contributed by atoms with van der Waals surface area (Å²) in [5.41, 5.74) is 1.70. The first-order valence-corrected chi connectivity index (χ1v) is 3.80. The number of carbonyl (C=O) groups excluding carboxylic acids is 1. The summed E-state index contributed by atoms with van der Waals surface area (Å²) in [4.78, 5) is 10.6. The van der Waals surface area contributed by atoms with Crippen molar-refractivity contribution in [1.29, 1.82) is 0 Å². The van der Waals surface area contributed by atoms with Gasteiger partial charge >= 0.3 is 0 Å². The zero-order chi connectivity index (χ0) is 8.39. The third-order valence-electron chi connectivity index (χ3n) is 1.91. The second-order valence-corrected chi connectivity index (χ2v) is 2.64. The molecule has 0 bridgehead atoms. The zero-order valence-corrected chi connectivity index (χ0v) is 6.49. The molecule has 1 aromatic rings. The van der Waals surface area contributed by atoms with E-state index in [0.717, 1.165) is 29.6 Å². The lowest BCUT2D eigenvalue weighted by Crippen LogP contribution is -1.99. The van der Waals surface area contributed by atoms with E-state index in [9.17, 15) is 4.79 Å². The molecule has 0 amide bonds. The van der Waals surface area contributed by atoms with Crippen molar-refractivity contribution in [2.45, 2.75) is 6.42 Å². The van der Waals surface area contributed by atoms with E-state index in [0.29, 0.717) is 0 Å². The van der Waals surface area contributed by atoms with Crippen molar-refractivity contribution in [3.63, 3.8) is 0 Å². The predicted molar refractivity (Wildman–Crippen MR) is 45.3 cm³/mol. The highest BCUT2D eigenvalue weighted by atomic mass is 16.5. The van der Waals surface area contributed by atoms with Crippen molar-refractivity contribution in [2.75, 3.05) is 0 Å². The Bertz CT molecular complexity index is 340. The van der Waals surface area contributed by atoms with Crippen LogP contribution in [0.25, 0.3) is 0 Å². The first-order chi connectivity index (χ1) is 5.92. The Morgan fingerprint density at radius 3 is 3.17 bits per heavy atom. The number of hydrogen-bond acceptors (Lipinski definition) is 2. The third-order valence-corrected chi connectivity index (χ3v) is 1.91. The van der Waals surface area contributed by atoms with Crippen molar-refractivity contribution >= 4 is 6.29 Å². The van der Waals surface area contributed by atoms with Gasteiger partial charge in [0, 0.05) is 11.1 Å². The maximum atomic E-state index is 10.6. The van der Waals surface area contributed by atoms with E-state index in [4.69, 9.17) is 4.74 Å². The smallest absolute Gasteiger partial charge is 0.150 e. The molecular weight excluding hydrogens is 152 g/mol. The molecule has 0 fully saturated rings. The molecule has 0 aromatic heterocycles. The van der Waals surface area contributed by atoms with Crippen molar-refractivity contribution in [3.05, 3.63) is 41.7 Å². The molecule has 0 atom stereocenters. The number of rotatable bonds is 1. The van der Waals surface area contributed by atoms with E-state index in [1.165, 1.54) is 0 Å². The van der Waals surface area contributed by atoms with Gasteiger partial charge in [-0.3, -0.25) is 4.79 Å². The van der Waals surface area contributed by atoms with Crippen LogP contribution in [0, 0.1) is 0 Å². The normalized spacial score (nSPS) is 13.3. The van der Waals surface area contributed by atoms with Gasteiger partial charge in [0.1, 0.15) is 12.0 Å². The molecule has 2 heteroatoms. The number of fused-ring (bicyclic) bond motifs is 1. The Labute approximate surface area is 70.5 Å². The fraction of sp³-hybridized carbons (Fsp3) is 0.100. The van der Waals surface area contributed by atoms with E-state index >= 15 is 0 Å². The number of allylic oxidation sites excluding steroid dienone is 1. The summed E-state index contributed by atoms with van der Waals surface area (Å²) >= 11 is 0. The highest BCUT2D eigenvalue weighted by Gasteiger charge is 2.09. The van der Waals surface area contributed by atoms with Crippen molar-refractivity contribution in [2.24, 2.45) is 0 Å². The van der Waals surface area contributed by atoms with Crippen molar-refractivity contribution in [3.8, 4) is 5.75 Å². The molecule has 0 radical (unpaired) electrons. The van der Waals surface area contributed by atoms with Crippen molar-refractivity contribution in [1.82, 2.24) is 0 Å². The Morgan fingerprint density at radius 1 is 1.42 bits per heavy atom.